The number of ether oxygens (including phenoxy) is 1. The fourth-order valence-corrected chi connectivity index (χ4v) is 4.10. The number of nitrogens with zero attached hydrogens (tertiary/aromatic N) is 1. The number of amides is 1. The van der Waals surface area contributed by atoms with Crippen molar-refractivity contribution in [3.63, 3.8) is 0 Å². The van der Waals surface area contributed by atoms with E-state index in [1.165, 1.54) is 12.8 Å². The van der Waals surface area contributed by atoms with Crippen LogP contribution in [0.3, 0.4) is 0 Å². The predicted octanol–water partition coefficient (Wildman–Crippen LogP) is 3.91. The van der Waals surface area contributed by atoms with Gasteiger partial charge in [0.15, 0.2) is 0 Å². The highest BCUT2D eigenvalue weighted by Gasteiger charge is 2.34. The summed E-state index contributed by atoms with van der Waals surface area (Å²) in [5, 5.41) is 4.31. The maximum absolute atomic E-state index is 12.4. The zero-order valence-corrected chi connectivity index (χ0v) is 16.3. The molecule has 0 aromatic heterocycles. The molecule has 3 rings (SSSR count). The molecule has 2 unspecified atom stereocenters. The van der Waals surface area contributed by atoms with Crippen LogP contribution in [0.4, 0.5) is 0 Å². The molecule has 25 heavy (non-hydrogen) atoms. The molecule has 2 saturated heterocycles. The number of carbonyl (C=O) groups is 1. The molecule has 140 valence electrons. The Morgan fingerprint density at radius 3 is 2.72 bits per heavy atom. The first-order valence-corrected chi connectivity index (χ1v) is 9.36. The molecule has 1 aromatic rings. The van der Waals surface area contributed by atoms with Gasteiger partial charge in [0.25, 0.3) is 0 Å². The molecule has 0 spiro atoms. The third-order valence-corrected chi connectivity index (χ3v) is 5.40. The van der Waals surface area contributed by atoms with Gasteiger partial charge in [0.05, 0.1) is 6.61 Å². The summed E-state index contributed by atoms with van der Waals surface area (Å²) in [6.07, 6.45) is 6.41. The van der Waals surface area contributed by atoms with Crippen LogP contribution in [0.25, 0.3) is 0 Å². The summed E-state index contributed by atoms with van der Waals surface area (Å²) in [6.45, 7) is 1.33. The molecule has 2 bridgehead atoms. The van der Waals surface area contributed by atoms with E-state index in [1.807, 2.05) is 36.2 Å². The number of hydrogen-bond acceptors (Lipinski definition) is 3. The maximum atomic E-state index is 12.4. The first-order valence-electron chi connectivity index (χ1n) is 8.98. The number of benzene rings is 1. The summed E-state index contributed by atoms with van der Waals surface area (Å²) in [6, 6.07) is 8.71. The van der Waals surface area contributed by atoms with E-state index in [4.69, 9.17) is 16.3 Å². The standard InChI is InChI=1S/C19H27ClN2O2.ClH/c1-22(8-3-9-24-18-5-2-4-15(20)13-18)19(23)12-14-10-16-6-7-17(11-14)21-16;/h2,4-5,13-14,16-17,21H,3,6-12H2,1H3;1H. The van der Waals surface area contributed by atoms with Gasteiger partial charge >= 0.3 is 0 Å². The van der Waals surface area contributed by atoms with E-state index in [2.05, 4.69) is 5.32 Å². The average molecular weight is 387 g/mol. The van der Waals surface area contributed by atoms with E-state index in [9.17, 15) is 4.79 Å². The van der Waals surface area contributed by atoms with Crippen LogP contribution in [0.15, 0.2) is 24.3 Å². The highest BCUT2D eigenvalue weighted by molar-refractivity contribution is 6.30. The molecule has 4 nitrogen and oxygen atoms in total. The summed E-state index contributed by atoms with van der Waals surface area (Å²) in [5.74, 6) is 1.60. The maximum Gasteiger partial charge on any atom is 0.222 e. The lowest BCUT2D eigenvalue weighted by molar-refractivity contribution is -0.131. The molecule has 1 aromatic carbocycles. The van der Waals surface area contributed by atoms with E-state index in [0.717, 1.165) is 31.6 Å². The van der Waals surface area contributed by atoms with Crippen molar-refractivity contribution < 1.29 is 9.53 Å². The molecule has 2 heterocycles. The van der Waals surface area contributed by atoms with Crippen molar-refractivity contribution in [1.29, 1.82) is 0 Å². The minimum absolute atomic E-state index is 0. The number of nitrogens with one attached hydrogen (secondary N) is 1. The molecular formula is C19H28Cl2N2O2. The van der Waals surface area contributed by atoms with Crippen molar-refractivity contribution in [3.05, 3.63) is 29.3 Å². The zero-order valence-electron chi connectivity index (χ0n) is 14.7. The van der Waals surface area contributed by atoms with E-state index in [-0.39, 0.29) is 18.3 Å². The number of fused-ring (bicyclic) bond motifs is 2. The van der Waals surface area contributed by atoms with Crippen molar-refractivity contribution in [2.24, 2.45) is 5.92 Å². The Kier molecular flexibility index (Phi) is 7.85. The Hall–Kier alpha value is -0.970. The van der Waals surface area contributed by atoms with E-state index >= 15 is 0 Å². The van der Waals surface area contributed by atoms with Crippen molar-refractivity contribution in [2.45, 2.75) is 50.6 Å². The minimum atomic E-state index is 0. The second kappa shape index (κ2) is 9.65. The van der Waals surface area contributed by atoms with Crippen molar-refractivity contribution in [3.8, 4) is 5.75 Å². The van der Waals surface area contributed by atoms with Gasteiger partial charge in [-0.25, -0.2) is 0 Å². The van der Waals surface area contributed by atoms with Crippen LogP contribution >= 0.6 is 24.0 Å². The molecule has 0 aliphatic carbocycles. The predicted molar refractivity (Wildman–Crippen MR) is 104 cm³/mol. The van der Waals surface area contributed by atoms with E-state index in [1.54, 1.807) is 0 Å². The highest BCUT2D eigenvalue weighted by atomic mass is 35.5. The molecule has 0 saturated carbocycles. The molecular weight excluding hydrogens is 359 g/mol. The second-order valence-corrected chi connectivity index (χ2v) is 7.59. The Bertz CT molecular complexity index is 558. The molecule has 2 atom stereocenters. The van der Waals surface area contributed by atoms with Crippen LogP contribution in [-0.4, -0.2) is 43.1 Å². The topological polar surface area (TPSA) is 41.6 Å². The van der Waals surface area contributed by atoms with Gasteiger partial charge in [0.2, 0.25) is 5.91 Å². The van der Waals surface area contributed by atoms with Crippen LogP contribution in [0.1, 0.15) is 38.5 Å². The first-order chi connectivity index (χ1) is 11.6. The normalized spacial score (nSPS) is 24.5. The third-order valence-electron chi connectivity index (χ3n) is 5.16. The van der Waals surface area contributed by atoms with Gasteiger partial charge < -0.3 is 15.0 Å². The smallest absolute Gasteiger partial charge is 0.222 e. The van der Waals surface area contributed by atoms with Gasteiger partial charge in [-0.1, -0.05) is 17.7 Å². The number of hydrogen-bond donors (Lipinski definition) is 1. The van der Waals surface area contributed by atoms with Crippen LogP contribution < -0.4 is 10.1 Å². The van der Waals surface area contributed by atoms with Crippen molar-refractivity contribution >= 4 is 29.9 Å². The Balaban J connectivity index is 0.00000225. The Morgan fingerprint density at radius 2 is 2.04 bits per heavy atom. The summed E-state index contributed by atoms with van der Waals surface area (Å²) < 4.78 is 5.67. The summed E-state index contributed by atoms with van der Waals surface area (Å²) in [7, 11) is 1.90. The number of piperidine rings is 1. The number of rotatable bonds is 7. The van der Waals surface area contributed by atoms with Gasteiger partial charge in [-0.3, -0.25) is 4.79 Å². The van der Waals surface area contributed by atoms with Crippen LogP contribution in [0, 0.1) is 5.92 Å². The minimum Gasteiger partial charge on any atom is -0.493 e. The monoisotopic (exact) mass is 386 g/mol. The van der Waals surface area contributed by atoms with Crippen molar-refractivity contribution in [1.82, 2.24) is 10.2 Å². The summed E-state index contributed by atoms with van der Waals surface area (Å²) in [5.41, 5.74) is 0. The fourth-order valence-electron chi connectivity index (χ4n) is 3.92. The van der Waals surface area contributed by atoms with Crippen LogP contribution in [0.2, 0.25) is 5.02 Å². The molecule has 1 N–H and O–H groups in total. The highest BCUT2D eigenvalue weighted by Crippen LogP contribution is 2.32. The zero-order chi connectivity index (χ0) is 16.9. The second-order valence-electron chi connectivity index (χ2n) is 7.15. The van der Waals surface area contributed by atoms with Crippen LogP contribution in [0.5, 0.6) is 5.75 Å². The summed E-state index contributed by atoms with van der Waals surface area (Å²) in [4.78, 5) is 14.3. The number of carbonyl (C=O) groups excluding carboxylic acids is 1. The largest absolute Gasteiger partial charge is 0.493 e. The Morgan fingerprint density at radius 1 is 1.32 bits per heavy atom. The fraction of sp³-hybridized carbons (Fsp3) is 0.632. The van der Waals surface area contributed by atoms with Gasteiger partial charge in [0, 0.05) is 37.1 Å². The van der Waals surface area contributed by atoms with Gasteiger partial charge in [-0.2, -0.15) is 0 Å². The molecule has 6 heteroatoms. The summed E-state index contributed by atoms with van der Waals surface area (Å²) >= 11 is 5.93. The lowest BCUT2D eigenvalue weighted by Crippen LogP contribution is -2.40. The molecule has 2 aliphatic heterocycles. The number of halogens is 2. The van der Waals surface area contributed by atoms with Gasteiger partial charge in [-0.15, -0.1) is 12.4 Å². The Labute approximate surface area is 161 Å². The van der Waals surface area contributed by atoms with Crippen LogP contribution in [-0.2, 0) is 4.79 Å². The SMILES string of the molecule is CN(CCCOc1cccc(Cl)c1)C(=O)CC1CC2CCC(C1)N2.Cl. The molecule has 1 amide bonds. The van der Waals surface area contributed by atoms with Gasteiger partial charge in [0.1, 0.15) is 5.75 Å². The lowest BCUT2D eigenvalue weighted by atomic mass is 9.89. The molecule has 2 aliphatic rings. The quantitative estimate of drug-likeness (QED) is 0.722. The first kappa shape index (κ1) is 20.3. The molecule has 0 radical (unpaired) electrons. The van der Waals surface area contributed by atoms with E-state index < -0.39 is 0 Å². The molecule has 2 fully saturated rings. The lowest BCUT2D eigenvalue weighted by Gasteiger charge is -2.30. The van der Waals surface area contributed by atoms with Crippen molar-refractivity contribution in [2.75, 3.05) is 20.2 Å². The van der Waals surface area contributed by atoms with E-state index in [0.29, 0.717) is 36.1 Å². The third kappa shape index (κ3) is 6.05. The average Bonchev–Trinajstić information content (AvgIpc) is 2.90. The van der Waals surface area contributed by atoms with Gasteiger partial charge in [-0.05, 0) is 56.2 Å².